The minimum Gasteiger partial charge on any atom is -0.505 e. The van der Waals surface area contributed by atoms with Gasteiger partial charge in [0.2, 0.25) is 0 Å². The van der Waals surface area contributed by atoms with Crippen LogP contribution in [0.3, 0.4) is 0 Å². The lowest BCUT2D eigenvalue weighted by Gasteiger charge is -2.02. The number of H-pyrrole nitrogens is 1. The first-order chi connectivity index (χ1) is 11.0. The molecule has 2 N–H and O–H groups in total. The van der Waals surface area contributed by atoms with Crippen molar-refractivity contribution in [3.05, 3.63) is 57.3 Å². The summed E-state index contributed by atoms with van der Waals surface area (Å²) in [6.45, 7) is 1.99. The summed E-state index contributed by atoms with van der Waals surface area (Å²) in [5, 5.41) is 19.3. The van der Waals surface area contributed by atoms with Gasteiger partial charge in [-0.3, -0.25) is 0 Å². The van der Waals surface area contributed by atoms with E-state index >= 15 is 0 Å². The molecule has 0 saturated carbocycles. The number of hydrogen-bond donors (Lipinski definition) is 2. The maximum absolute atomic E-state index is 9.59. The van der Waals surface area contributed by atoms with E-state index in [2.05, 4.69) is 16.0 Å². The fraction of sp³-hybridized carbons (Fsp3) is 0.0588. The third-order valence-electron chi connectivity index (χ3n) is 3.36. The van der Waals surface area contributed by atoms with Gasteiger partial charge in [-0.05, 0) is 48.4 Å². The van der Waals surface area contributed by atoms with Gasteiger partial charge in [0.25, 0.3) is 0 Å². The molecule has 1 aromatic heterocycles. The molecule has 1 heterocycles. The van der Waals surface area contributed by atoms with Crippen molar-refractivity contribution in [2.45, 2.75) is 6.92 Å². The van der Waals surface area contributed by atoms with Gasteiger partial charge in [0.1, 0.15) is 11.9 Å². The largest absolute Gasteiger partial charge is 0.505 e. The van der Waals surface area contributed by atoms with Crippen molar-refractivity contribution < 1.29 is 5.11 Å². The maximum Gasteiger partial charge on any atom is 0.152 e. The average molecular weight is 344 g/mol. The van der Waals surface area contributed by atoms with E-state index in [9.17, 15) is 10.4 Å². The lowest BCUT2D eigenvalue weighted by molar-refractivity contribution is 0.476. The third kappa shape index (κ3) is 3.02. The smallest absolute Gasteiger partial charge is 0.152 e. The summed E-state index contributed by atoms with van der Waals surface area (Å²) in [4.78, 5) is 7.55. The number of nitrogens with one attached hydrogen (secondary N) is 1. The first kappa shape index (κ1) is 15.4. The van der Waals surface area contributed by atoms with Gasteiger partial charge in [-0.1, -0.05) is 29.3 Å². The van der Waals surface area contributed by atoms with Crippen molar-refractivity contribution in [3.63, 3.8) is 0 Å². The molecule has 0 atom stereocenters. The zero-order chi connectivity index (χ0) is 16.6. The van der Waals surface area contributed by atoms with Crippen molar-refractivity contribution in [3.8, 4) is 11.8 Å². The van der Waals surface area contributed by atoms with Gasteiger partial charge in [0, 0.05) is 0 Å². The molecule has 0 unspecified atom stereocenters. The zero-order valence-corrected chi connectivity index (χ0v) is 13.6. The van der Waals surface area contributed by atoms with Crippen LogP contribution in [-0.2, 0) is 0 Å². The molecule has 0 aliphatic carbocycles. The number of fused-ring (bicyclic) bond motifs is 1. The van der Waals surface area contributed by atoms with E-state index in [1.54, 1.807) is 6.08 Å². The quantitative estimate of drug-likeness (QED) is 0.646. The summed E-state index contributed by atoms with van der Waals surface area (Å²) in [6, 6.07) is 11.0. The Morgan fingerprint density at radius 1 is 1.26 bits per heavy atom. The Bertz CT molecular complexity index is 960. The second kappa shape index (κ2) is 5.96. The molecule has 3 aromatic rings. The molecule has 0 radical (unpaired) electrons. The molecule has 0 amide bonds. The molecule has 0 spiro atoms. The number of hydrogen-bond acceptors (Lipinski definition) is 3. The van der Waals surface area contributed by atoms with E-state index in [4.69, 9.17) is 23.2 Å². The molecule has 0 fully saturated rings. The summed E-state index contributed by atoms with van der Waals surface area (Å²) in [5.74, 6) is 0.289. The monoisotopic (exact) mass is 343 g/mol. The number of nitriles is 1. The van der Waals surface area contributed by atoms with Crippen LogP contribution in [0.1, 0.15) is 17.0 Å². The van der Waals surface area contributed by atoms with Crippen molar-refractivity contribution in [2.24, 2.45) is 0 Å². The second-order valence-electron chi connectivity index (χ2n) is 5.11. The number of aromatic amines is 1. The Kier molecular flexibility index (Phi) is 3.99. The fourth-order valence-electron chi connectivity index (χ4n) is 2.24. The molecular weight excluding hydrogens is 333 g/mol. The summed E-state index contributed by atoms with van der Waals surface area (Å²) in [7, 11) is 0. The first-order valence-corrected chi connectivity index (χ1v) is 7.50. The molecular formula is C17H11Cl2N3O. The van der Waals surface area contributed by atoms with E-state index in [0.29, 0.717) is 17.0 Å². The minimum atomic E-state index is -0.178. The number of phenolic OH excluding ortho intramolecular Hbond substituents is 1. The number of aromatic nitrogens is 2. The van der Waals surface area contributed by atoms with Crippen LogP contribution in [0.25, 0.3) is 22.7 Å². The molecule has 0 saturated heterocycles. The Morgan fingerprint density at radius 2 is 1.96 bits per heavy atom. The van der Waals surface area contributed by atoms with E-state index in [1.165, 1.54) is 12.1 Å². The fourth-order valence-corrected chi connectivity index (χ4v) is 2.74. The number of allylic oxidation sites excluding steroid dienone is 1. The lowest BCUT2D eigenvalue weighted by Crippen LogP contribution is -1.85. The van der Waals surface area contributed by atoms with Crippen molar-refractivity contribution >= 4 is 45.9 Å². The van der Waals surface area contributed by atoms with Crippen molar-refractivity contribution in [1.82, 2.24) is 9.97 Å². The van der Waals surface area contributed by atoms with Crippen molar-refractivity contribution in [2.75, 3.05) is 0 Å². The summed E-state index contributed by atoms with van der Waals surface area (Å²) in [5.41, 5.74) is 3.70. The van der Waals surface area contributed by atoms with E-state index in [-0.39, 0.29) is 15.8 Å². The SMILES string of the molecule is Cc1ccc2nc(/C(C#N)=C/c3cc(Cl)c(O)c(Cl)c3)[nH]c2c1. The predicted molar refractivity (Wildman–Crippen MR) is 92.4 cm³/mol. The highest BCUT2D eigenvalue weighted by Gasteiger charge is 2.10. The van der Waals surface area contributed by atoms with Crippen LogP contribution in [0.4, 0.5) is 0 Å². The van der Waals surface area contributed by atoms with Crippen LogP contribution in [0.15, 0.2) is 30.3 Å². The highest BCUT2D eigenvalue weighted by molar-refractivity contribution is 6.37. The average Bonchev–Trinajstić information content (AvgIpc) is 2.92. The molecule has 114 valence electrons. The van der Waals surface area contributed by atoms with Crippen LogP contribution >= 0.6 is 23.2 Å². The van der Waals surface area contributed by atoms with Crippen LogP contribution in [0.2, 0.25) is 10.0 Å². The number of nitrogens with zero attached hydrogens (tertiary/aromatic N) is 2. The van der Waals surface area contributed by atoms with Gasteiger partial charge in [0.15, 0.2) is 5.75 Å². The van der Waals surface area contributed by atoms with Crippen molar-refractivity contribution in [1.29, 1.82) is 5.26 Å². The Morgan fingerprint density at radius 3 is 2.61 bits per heavy atom. The van der Waals surface area contributed by atoms with Gasteiger partial charge in [0.05, 0.1) is 26.7 Å². The van der Waals surface area contributed by atoms with E-state index in [1.807, 2.05) is 25.1 Å². The zero-order valence-electron chi connectivity index (χ0n) is 12.1. The van der Waals surface area contributed by atoms with Crippen LogP contribution in [-0.4, -0.2) is 15.1 Å². The molecule has 0 aliphatic rings. The standard InChI is InChI=1S/C17H11Cl2N3O/c1-9-2-3-14-15(4-9)22-17(21-14)11(8-20)5-10-6-12(18)16(23)13(19)7-10/h2-7,23H,1H3,(H,21,22)/b11-5+. The predicted octanol–water partition coefficient (Wildman–Crippen LogP) is 4.95. The number of aryl methyl sites for hydroxylation is 1. The molecule has 2 aromatic carbocycles. The molecule has 23 heavy (non-hydrogen) atoms. The van der Waals surface area contributed by atoms with Gasteiger partial charge in [-0.25, -0.2) is 4.98 Å². The molecule has 0 bridgehead atoms. The Balaban J connectivity index is 2.09. The minimum absolute atomic E-state index is 0.126. The number of benzene rings is 2. The molecule has 4 nitrogen and oxygen atoms in total. The maximum atomic E-state index is 9.59. The molecule has 3 rings (SSSR count). The van der Waals surface area contributed by atoms with Gasteiger partial charge >= 0.3 is 0 Å². The highest BCUT2D eigenvalue weighted by Crippen LogP contribution is 2.33. The first-order valence-electron chi connectivity index (χ1n) is 6.74. The Hall–Kier alpha value is -2.48. The molecule has 6 heteroatoms. The Labute approximate surface area is 142 Å². The number of rotatable bonds is 2. The second-order valence-corrected chi connectivity index (χ2v) is 5.92. The van der Waals surface area contributed by atoms with Crippen LogP contribution in [0, 0.1) is 18.3 Å². The van der Waals surface area contributed by atoms with E-state index in [0.717, 1.165) is 16.6 Å². The number of imidazole rings is 1. The van der Waals surface area contributed by atoms with Gasteiger partial charge < -0.3 is 10.1 Å². The summed E-state index contributed by atoms with van der Waals surface area (Å²) >= 11 is 11.8. The normalized spacial score (nSPS) is 11.7. The lowest BCUT2D eigenvalue weighted by atomic mass is 10.1. The number of aromatic hydroxyl groups is 1. The highest BCUT2D eigenvalue weighted by atomic mass is 35.5. The van der Waals surface area contributed by atoms with Gasteiger partial charge in [-0.2, -0.15) is 5.26 Å². The number of halogens is 2. The third-order valence-corrected chi connectivity index (χ3v) is 3.94. The van der Waals surface area contributed by atoms with E-state index < -0.39 is 0 Å². The summed E-state index contributed by atoms with van der Waals surface area (Å²) < 4.78 is 0. The summed E-state index contributed by atoms with van der Waals surface area (Å²) in [6.07, 6.45) is 1.61. The molecule has 0 aliphatic heterocycles. The number of phenols is 1. The van der Waals surface area contributed by atoms with Crippen LogP contribution < -0.4 is 0 Å². The topological polar surface area (TPSA) is 72.7 Å². The van der Waals surface area contributed by atoms with Crippen LogP contribution in [0.5, 0.6) is 5.75 Å². The van der Waals surface area contributed by atoms with Gasteiger partial charge in [-0.15, -0.1) is 0 Å².